The number of pyridine rings is 1. The van der Waals surface area contributed by atoms with Crippen molar-refractivity contribution in [1.29, 1.82) is 0 Å². The number of nitrogens with zero attached hydrogens (tertiary/aromatic N) is 4. The molecule has 0 fully saturated rings. The van der Waals surface area contributed by atoms with Crippen LogP contribution in [0.1, 0.15) is 18.2 Å². The van der Waals surface area contributed by atoms with Crippen LogP contribution in [0.5, 0.6) is 0 Å². The molecule has 0 unspecified atom stereocenters. The Morgan fingerprint density at radius 2 is 2.07 bits per heavy atom. The first-order valence-electron chi connectivity index (χ1n) is 9.15. The van der Waals surface area contributed by atoms with Crippen LogP contribution in [-0.4, -0.2) is 31.1 Å². The maximum Gasteiger partial charge on any atom is 0.278 e. The molecule has 0 aliphatic carbocycles. The fourth-order valence-electron chi connectivity index (χ4n) is 3.23. The van der Waals surface area contributed by atoms with Crippen LogP contribution in [-0.2, 0) is 24.3 Å². The van der Waals surface area contributed by atoms with Crippen molar-refractivity contribution in [2.75, 3.05) is 6.61 Å². The highest BCUT2D eigenvalue weighted by molar-refractivity contribution is 6.32. The van der Waals surface area contributed by atoms with Gasteiger partial charge in [-0.2, -0.15) is 0 Å². The second-order valence-corrected chi connectivity index (χ2v) is 6.90. The SMILES string of the molecule is CCc1cc2c(cc1Cl)nc1c(=O)[nH]c(=O)cc-1n2CCOCc1cnccn1. The minimum absolute atomic E-state index is 0.186. The van der Waals surface area contributed by atoms with Gasteiger partial charge in [0.2, 0.25) is 0 Å². The predicted octanol–water partition coefficient (Wildman–Crippen LogP) is 2.41. The minimum Gasteiger partial charge on any atom is -0.373 e. The number of aryl methyl sites for hydroxylation is 1. The van der Waals surface area contributed by atoms with Gasteiger partial charge >= 0.3 is 0 Å². The Balaban J connectivity index is 1.75. The van der Waals surface area contributed by atoms with Crippen LogP contribution in [0.25, 0.3) is 22.4 Å². The van der Waals surface area contributed by atoms with E-state index in [1.807, 2.05) is 17.6 Å². The van der Waals surface area contributed by atoms with Crippen molar-refractivity contribution in [3.8, 4) is 11.4 Å². The first kappa shape index (κ1) is 19.2. The average Bonchev–Trinajstić information content (AvgIpc) is 2.71. The van der Waals surface area contributed by atoms with Crippen LogP contribution >= 0.6 is 11.6 Å². The van der Waals surface area contributed by atoms with Crippen LogP contribution in [0.2, 0.25) is 5.02 Å². The zero-order valence-electron chi connectivity index (χ0n) is 15.7. The molecule has 9 heteroatoms. The van der Waals surface area contributed by atoms with Crippen LogP contribution in [0.15, 0.2) is 46.4 Å². The molecule has 1 N–H and O–H groups in total. The van der Waals surface area contributed by atoms with E-state index in [-0.39, 0.29) is 5.69 Å². The van der Waals surface area contributed by atoms with E-state index in [1.165, 1.54) is 6.07 Å². The highest BCUT2D eigenvalue weighted by atomic mass is 35.5. The number of halogens is 1. The largest absolute Gasteiger partial charge is 0.373 e. The number of aromatic amines is 1. The van der Waals surface area contributed by atoms with Gasteiger partial charge in [-0.15, -0.1) is 0 Å². The zero-order valence-corrected chi connectivity index (χ0v) is 16.4. The van der Waals surface area contributed by atoms with E-state index >= 15 is 0 Å². The van der Waals surface area contributed by atoms with E-state index in [2.05, 4.69) is 19.9 Å². The molecule has 0 amide bonds. The van der Waals surface area contributed by atoms with Crippen molar-refractivity contribution < 1.29 is 4.74 Å². The Morgan fingerprint density at radius 3 is 2.83 bits per heavy atom. The van der Waals surface area contributed by atoms with Gasteiger partial charge < -0.3 is 9.30 Å². The molecule has 4 rings (SSSR count). The van der Waals surface area contributed by atoms with Crippen molar-refractivity contribution >= 4 is 22.6 Å². The molecule has 0 bridgehead atoms. The number of fused-ring (bicyclic) bond motifs is 2. The summed E-state index contributed by atoms with van der Waals surface area (Å²) in [5, 5.41) is 0.592. The lowest BCUT2D eigenvalue weighted by atomic mass is 10.1. The second-order valence-electron chi connectivity index (χ2n) is 6.50. The Kier molecular flexibility index (Phi) is 5.37. The topological polar surface area (TPSA) is 103 Å². The second kappa shape index (κ2) is 8.10. The number of aromatic nitrogens is 5. The lowest BCUT2D eigenvalue weighted by Crippen LogP contribution is -2.26. The van der Waals surface area contributed by atoms with Crippen LogP contribution in [0.3, 0.4) is 0 Å². The first-order chi connectivity index (χ1) is 14.1. The van der Waals surface area contributed by atoms with Gasteiger partial charge in [-0.3, -0.25) is 24.5 Å². The summed E-state index contributed by atoms with van der Waals surface area (Å²) in [6.07, 6.45) is 5.60. The summed E-state index contributed by atoms with van der Waals surface area (Å²) in [6.45, 7) is 3.09. The van der Waals surface area contributed by atoms with Crippen LogP contribution < -0.4 is 11.1 Å². The molecule has 1 aromatic carbocycles. The maximum atomic E-state index is 12.3. The molecule has 29 heavy (non-hydrogen) atoms. The Hall–Kier alpha value is -3.10. The summed E-state index contributed by atoms with van der Waals surface area (Å²) in [5.41, 5.74) is 2.69. The van der Waals surface area contributed by atoms with Crippen LogP contribution in [0.4, 0.5) is 0 Å². The monoisotopic (exact) mass is 411 g/mol. The molecule has 3 heterocycles. The summed E-state index contributed by atoms with van der Waals surface area (Å²) in [7, 11) is 0. The summed E-state index contributed by atoms with van der Waals surface area (Å²) < 4.78 is 7.60. The molecular formula is C20H18ClN5O3. The third kappa shape index (κ3) is 3.90. The van der Waals surface area contributed by atoms with Crippen molar-refractivity contribution in [3.63, 3.8) is 0 Å². The number of ether oxygens (including phenoxy) is 1. The quantitative estimate of drug-likeness (QED) is 0.386. The summed E-state index contributed by atoms with van der Waals surface area (Å²) in [6, 6.07) is 5.07. The summed E-state index contributed by atoms with van der Waals surface area (Å²) >= 11 is 6.34. The lowest BCUT2D eigenvalue weighted by Gasteiger charge is -2.19. The van der Waals surface area contributed by atoms with Crippen molar-refractivity contribution in [3.05, 3.63) is 73.8 Å². The fourth-order valence-corrected chi connectivity index (χ4v) is 3.52. The number of benzene rings is 1. The fraction of sp³-hybridized carbons (Fsp3) is 0.250. The standard InChI is InChI=1S/C20H18ClN5O3/c1-2-12-7-16-15(8-14(12)21)24-19-17(9-18(27)25-20(19)28)26(16)5-6-29-11-13-10-22-3-4-23-13/h3-4,7-10H,2,5-6,11H2,1H3,(H,25,27,28). The molecule has 0 atom stereocenters. The van der Waals surface area contributed by atoms with E-state index in [0.717, 1.165) is 23.2 Å². The third-order valence-electron chi connectivity index (χ3n) is 4.63. The van der Waals surface area contributed by atoms with Gasteiger partial charge in [0.25, 0.3) is 11.1 Å². The van der Waals surface area contributed by atoms with Crippen molar-refractivity contribution in [2.24, 2.45) is 0 Å². The molecule has 0 saturated heterocycles. The Bertz CT molecular complexity index is 1250. The van der Waals surface area contributed by atoms with Crippen LogP contribution in [0, 0.1) is 0 Å². The summed E-state index contributed by atoms with van der Waals surface area (Å²) in [4.78, 5) is 39.1. The van der Waals surface area contributed by atoms with Crippen molar-refractivity contribution in [2.45, 2.75) is 26.5 Å². The maximum absolute atomic E-state index is 12.3. The molecule has 0 spiro atoms. The van der Waals surface area contributed by atoms with Crippen molar-refractivity contribution in [1.82, 2.24) is 24.5 Å². The molecule has 8 nitrogen and oxygen atoms in total. The van der Waals surface area contributed by atoms with E-state index in [4.69, 9.17) is 16.3 Å². The summed E-state index contributed by atoms with van der Waals surface area (Å²) in [5.74, 6) is 0. The highest BCUT2D eigenvalue weighted by Gasteiger charge is 2.18. The number of hydrogen-bond donors (Lipinski definition) is 1. The number of H-pyrrole nitrogens is 1. The van der Waals surface area contributed by atoms with Gasteiger partial charge in [0, 0.05) is 30.0 Å². The van der Waals surface area contributed by atoms with Gasteiger partial charge in [0.1, 0.15) is 0 Å². The van der Waals surface area contributed by atoms with E-state index in [1.54, 1.807) is 24.7 Å². The average molecular weight is 412 g/mol. The molecule has 1 aromatic heterocycles. The molecule has 2 aliphatic heterocycles. The number of nitrogens with one attached hydrogen (secondary N) is 1. The highest BCUT2D eigenvalue weighted by Crippen LogP contribution is 2.27. The molecule has 2 aliphatic rings. The van der Waals surface area contributed by atoms with E-state index in [9.17, 15) is 9.59 Å². The smallest absolute Gasteiger partial charge is 0.278 e. The minimum atomic E-state index is -0.528. The molecule has 0 radical (unpaired) electrons. The van der Waals surface area contributed by atoms with Gasteiger partial charge in [-0.1, -0.05) is 18.5 Å². The zero-order chi connectivity index (χ0) is 20.4. The molecular weight excluding hydrogens is 394 g/mol. The first-order valence-corrected chi connectivity index (χ1v) is 9.53. The predicted molar refractivity (Wildman–Crippen MR) is 109 cm³/mol. The van der Waals surface area contributed by atoms with Gasteiger partial charge in [0.15, 0.2) is 5.69 Å². The Morgan fingerprint density at radius 1 is 1.21 bits per heavy atom. The van der Waals surface area contributed by atoms with E-state index < -0.39 is 11.1 Å². The van der Waals surface area contributed by atoms with Gasteiger partial charge in [-0.25, -0.2) is 4.98 Å². The third-order valence-corrected chi connectivity index (χ3v) is 4.98. The van der Waals surface area contributed by atoms with Gasteiger partial charge in [-0.05, 0) is 24.1 Å². The molecule has 148 valence electrons. The number of hydrogen-bond acceptors (Lipinski definition) is 6. The normalized spacial score (nSPS) is 11.4. The van der Waals surface area contributed by atoms with E-state index in [0.29, 0.717) is 36.0 Å². The lowest BCUT2D eigenvalue weighted by molar-refractivity contribution is 0.111. The molecule has 0 saturated carbocycles. The Labute approximate surface area is 170 Å². The molecule has 2 aromatic rings. The number of rotatable bonds is 6. The van der Waals surface area contributed by atoms with Gasteiger partial charge in [0.05, 0.1) is 41.8 Å².